The number of thiophene rings is 1. The molecule has 0 spiro atoms. The Labute approximate surface area is 159 Å². The van der Waals surface area contributed by atoms with Crippen LogP contribution >= 0.6 is 34.5 Å². The van der Waals surface area contributed by atoms with Crippen LogP contribution in [0.15, 0.2) is 36.4 Å². The summed E-state index contributed by atoms with van der Waals surface area (Å²) in [5.74, 6) is -0.277. The Kier molecular flexibility index (Phi) is 7.52. The molecule has 9 heteroatoms. The van der Waals surface area contributed by atoms with Crippen molar-refractivity contribution in [2.24, 2.45) is 0 Å². The summed E-state index contributed by atoms with van der Waals surface area (Å²) in [4.78, 5) is 26.4. The van der Waals surface area contributed by atoms with E-state index in [1.807, 2.05) is 17.0 Å². The third-order valence-electron chi connectivity index (χ3n) is 2.99. The first-order chi connectivity index (χ1) is 11.9. The van der Waals surface area contributed by atoms with Gasteiger partial charge in [-0.2, -0.15) is 0 Å². The molecule has 0 bridgehead atoms. The van der Waals surface area contributed by atoms with E-state index in [1.54, 1.807) is 31.3 Å². The molecule has 1 aromatic heterocycles. The van der Waals surface area contributed by atoms with Crippen molar-refractivity contribution in [1.29, 1.82) is 0 Å². The molecular formula is C16H17Cl2N3O3S. The number of hydrogen-bond donors (Lipinski definition) is 2. The third-order valence-corrected chi connectivity index (χ3v) is 4.46. The van der Waals surface area contributed by atoms with E-state index in [4.69, 9.17) is 27.9 Å². The molecule has 0 unspecified atom stereocenters. The molecule has 0 aliphatic heterocycles. The molecule has 0 aliphatic rings. The Hall–Kier alpha value is -1.80. The second-order valence-electron chi connectivity index (χ2n) is 5.22. The van der Waals surface area contributed by atoms with Crippen LogP contribution in [0.3, 0.4) is 0 Å². The van der Waals surface area contributed by atoms with Crippen molar-refractivity contribution >= 4 is 46.4 Å². The van der Waals surface area contributed by atoms with Crippen molar-refractivity contribution in [3.05, 3.63) is 50.6 Å². The number of halogens is 2. The van der Waals surface area contributed by atoms with Gasteiger partial charge in [-0.3, -0.25) is 25.3 Å². The average Bonchev–Trinajstić information content (AvgIpc) is 2.97. The lowest BCUT2D eigenvalue weighted by molar-refractivity contribution is -0.130. The van der Waals surface area contributed by atoms with Crippen LogP contribution in [0.25, 0.3) is 0 Å². The summed E-state index contributed by atoms with van der Waals surface area (Å²) < 4.78 is 5.98. The Morgan fingerprint density at radius 1 is 1.08 bits per heavy atom. The summed E-state index contributed by atoms with van der Waals surface area (Å²) in [6.07, 6.45) is 0. The molecule has 0 fully saturated rings. The highest BCUT2D eigenvalue weighted by atomic mass is 35.5. The van der Waals surface area contributed by atoms with E-state index in [0.29, 0.717) is 21.7 Å². The first-order valence-electron chi connectivity index (χ1n) is 7.31. The van der Waals surface area contributed by atoms with Crippen molar-refractivity contribution in [2.45, 2.75) is 6.54 Å². The second-order valence-corrected chi connectivity index (χ2v) is 7.45. The SMILES string of the molecule is CN(CC(=O)NNC(=O)COc1ccc(Cl)cc1)Cc1ccc(Cl)s1. The van der Waals surface area contributed by atoms with E-state index in [0.717, 1.165) is 4.88 Å². The average molecular weight is 402 g/mol. The molecule has 134 valence electrons. The minimum absolute atomic E-state index is 0.133. The lowest BCUT2D eigenvalue weighted by atomic mass is 10.3. The monoisotopic (exact) mass is 401 g/mol. The number of benzene rings is 1. The molecular weight excluding hydrogens is 385 g/mol. The first kappa shape index (κ1) is 19.5. The molecule has 2 amide bonds. The van der Waals surface area contributed by atoms with Crippen LogP contribution in [0.4, 0.5) is 0 Å². The molecule has 0 saturated carbocycles. The number of nitrogens with zero attached hydrogens (tertiary/aromatic N) is 1. The molecule has 2 rings (SSSR count). The first-order valence-corrected chi connectivity index (χ1v) is 8.88. The highest BCUT2D eigenvalue weighted by Crippen LogP contribution is 2.22. The number of hydrazine groups is 1. The van der Waals surface area contributed by atoms with Gasteiger partial charge in [0.2, 0.25) is 0 Å². The Bertz CT molecular complexity index is 722. The van der Waals surface area contributed by atoms with Crippen LogP contribution in [0.2, 0.25) is 9.36 Å². The molecule has 2 N–H and O–H groups in total. The molecule has 0 aliphatic carbocycles. The van der Waals surface area contributed by atoms with Gasteiger partial charge in [0.1, 0.15) is 5.75 Å². The molecule has 6 nitrogen and oxygen atoms in total. The molecule has 0 atom stereocenters. The van der Waals surface area contributed by atoms with Crippen LogP contribution in [-0.2, 0) is 16.1 Å². The lowest BCUT2D eigenvalue weighted by Gasteiger charge is -2.15. The van der Waals surface area contributed by atoms with Crippen LogP contribution < -0.4 is 15.6 Å². The van der Waals surface area contributed by atoms with Crippen LogP contribution in [0.5, 0.6) is 5.75 Å². The molecule has 2 aromatic rings. The molecule has 1 aromatic carbocycles. The van der Waals surface area contributed by atoms with Crippen LogP contribution in [-0.4, -0.2) is 36.9 Å². The van der Waals surface area contributed by atoms with Gasteiger partial charge < -0.3 is 4.74 Å². The zero-order valence-electron chi connectivity index (χ0n) is 13.4. The second kappa shape index (κ2) is 9.62. The largest absolute Gasteiger partial charge is 0.484 e. The fraction of sp³-hybridized carbons (Fsp3) is 0.250. The van der Waals surface area contributed by atoms with Crippen molar-refractivity contribution in [2.75, 3.05) is 20.2 Å². The topological polar surface area (TPSA) is 70.7 Å². The molecule has 0 radical (unpaired) electrons. The van der Waals surface area contributed by atoms with E-state index in [1.165, 1.54) is 11.3 Å². The fourth-order valence-corrected chi connectivity index (χ4v) is 3.19. The van der Waals surface area contributed by atoms with Gasteiger partial charge in [0.15, 0.2) is 6.61 Å². The molecule has 0 saturated heterocycles. The predicted molar refractivity (Wildman–Crippen MR) is 98.9 cm³/mol. The number of ether oxygens (including phenoxy) is 1. The zero-order valence-corrected chi connectivity index (χ0v) is 15.7. The maximum atomic E-state index is 11.8. The van der Waals surface area contributed by atoms with Crippen LogP contribution in [0, 0.1) is 0 Å². The number of likely N-dealkylation sites (N-methyl/N-ethyl adjacent to an activating group) is 1. The van der Waals surface area contributed by atoms with E-state index >= 15 is 0 Å². The van der Waals surface area contributed by atoms with Gasteiger partial charge in [-0.15, -0.1) is 11.3 Å². The number of rotatable bonds is 7. The number of hydrogen-bond acceptors (Lipinski definition) is 5. The van der Waals surface area contributed by atoms with E-state index in [2.05, 4.69) is 10.9 Å². The van der Waals surface area contributed by atoms with E-state index < -0.39 is 5.91 Å². The summed E-state index contributed by atoms with van der Waals surface area (Å²) in [5, 5.41) is 0.581. The number of carbonyl (C=O) groups is 2. The van der Waals surface area contributed by atoms with Gasteiger partial charge in [-0.1, -0.05) is 23.2 Å². The minimum Gasteiger partial charge on any atom is -0.484 e. The van der Waals surface area contributed by atoms with Gasteiger partial charge in [0.25, 0.3) is 11.8 Å². The maximum absolute atomic E-state index is 11.8. The summed E-state index contributed by atoms with van der Waals surface area (Å²) in [6, 6.07) is 10.4. The summed E-state index contributed by atoms with van der Waals surface area (Å²) >= 11 is 13.1. The van der Waals surface area contributed by atoms with Gasteiger partial charge in [-0.05, 0) is 43.4 Å². The minimum atomic E-state index is -0.462. The van der Waals surface area contributed by atoms with E-state index in [9.17, 15) is 9.59 Å². The van der Waals surface area contributed by atoms with Gasteiger partial charge in [-0.25, -0.2) is 0 Å². The molecule has 1 heterocycles. The Morgan fingerprint density at radius 3 is 2.40 bits per heavy atom. The quantitative estimate of drug-likeness (QED) is 0.699. The summed E-state index contributed by atoms with van der Waals surface area (Å²) in [7, 11) is 1.80. The van der Waals surface area contributed by atoms with Gasteiger partial charge in [0.05, 0.1) is 10.9 Å². The lowest BCUT2D eigenvalue weighted by Crippen LogP contribution is -2.47. The highest BCUT2D eigenvalue weighted by Gasteiger charge is 2.10. The van der Waals surface area contributed by atoms with Crippen molar-refractivity contribution in [3.8, 4) is 5.75 Å². The molecule has 25 heavy (non-hydrogen) atoms. The fourth-order valence-electron chi connectivity index (χ4n) is 1.90. The Balaban J connectivity index is 1.64. The van der Waals surface area contributed by atoms with Crippen molar-refractivity contribution < 1.29 is 14.3 Å². The number of carbonyl (C=O) groups excluding carboxylic acids is 2. The normalized spacial score (nSPS) is 10.6. The van der Waals surface area contributed by atoms with Crippen molar-refractivity contribution in [3.63, 3.8) is 0 Å². The number of amides is 2. The van der Waals surface area contributed by atoms with Gasteiger partial charge in [0, 0.05) is 16.4 Å². The van der Waals surface area contributed by atoms with Crippen LogP contribution in [0.1, 0.15) is 4.88 Å². The summed E-state index contributed by atoms with van der Waals surface area (Å²) in [5.41, 5.74) is 4.65. The van der Waals surface area contributed by atoms with Gasteiger partial charge >= 0.3 is 0 Å². The number of nitrogens with one attached hydrogen (secondary N) is 2. The zero-order chi connectivity index (χ0) is 18.2. The predicted octanol–water partition coefficient (Wildman–Crippen LogP) is 2.71. The summed E-state index contributed by atoms with van der Waals surface area (Å²) in [6.45, 7) is 0.512. The van der Waals surface area contributed by atoms with E-state index in [-0.39, 0.29) is 19.1 Å². The standard InChI is InChI=1S/C16H17Cl2N3O3S/c1-21(8-13-6-7-14(18)25-13)9-15(22)19-20-16(23)10-24-12-4-2-11(17)3-5-12/h2-7H,8-10H2,1H3,(H,19,22)(H,20,23). The van der Waals surface area contributed by atoms with Crippen molar-refractivity contribution in [1.82, 2.24) is 15.8 Å². The smallest absolute Gasteiger partial charge is 0.276 e. The maximum Gasteiger partial charge on any atom is 0.276 e. The third kappa shape index (κ3) is 7.31. The highest BCUT2D eigenvalue weighted by molar-refractivity contribution is 7.16. The Morgan fingerprint density at radius 2 is 1.76 bits per heavy atom.